The predicted octanol–water partition coefficient (Wildman–Crippen LogP) is -2.56. The van der Waals surface area contributed by atoms with Gasteiger partial charge in [-0.2, -0.15) is 0 Å². The number of fused-ring (bicyclic) bond motifs is 1. The monoisotopic (exact) mass is 124 g/mol. The van der Waals surface area contributed by atoms with Crippen LogP contribution in [0, 0.1) is 0 Å². The van der Waals surface area contributed by atoms with Crippen molar-refractivity contribution in [3.05, 3.63) is 24.3 Å². The predicted molar refractivity (Wildman–Crippen MR) is 54.3 cm³/mol. The molecule has 1 heterocycles. The van der Waals surface area contributed by atoms with Crippen LogP contribution in [0.15, 0.2) is 24.3 Å². The Morgan fingerprint density at radius 2 is 1.30 bits per heavy atom. The molecular weight excluding hydrogens is 115 g/mol. The van der Waals surface area contributed by atoms with Crippen LogP contribution in [-0.4, -0.2) is 28.5 Å². The highest BCUT2D eigenvalue weighted by Crippen LogP contribution is 1.81. The summed E-state index contributed by atoms with van der Waals surface area (Å²) < 4.78 is 0. The molecule has 0 saturated heterocycles. The Hall–Kier alpha value is -0.520. The van der Waals surface area contributed by atoms with E-state index in [1.54, 1.807) is 10.9 Å². The van der Waals surface area contributed by atoms with E-state index in [-0.39, 0.29) is 0 Å². The first-order valence-corrected chi connectivity index (χ1v) is 4.03. The van der Waals surface area contributed by atoms with Crippen molar-refractivity contribution in [2.45, 2.75) is 0 Å². The van der Waals surface area contributed by atoms with Gasteiger partial charge in [0.05, 0.1) is 14.1 Å². The maximum Gasteiger partial charge on any atom is 0.113 e. The van der Waals surface area contributed by atoms with Crippen molar-refractivity contribution in [3.8, 4) is 0 Å². The fourth-order valence-corrected chi connectivity index (χ4v) is 1.68. The Kier molecular flexibility index (Phi) is 1.62. The number of benzene rings is 1. The van der Waals surface area contributed by atoms with Crippen molar-refractivity contribution in [2.75, 3.05) is 0 Å². The highest BCUT2D eigenvalue weighted by atomic mass is 13.8. The van der Waals surface area contributed by atoms with E-state index in [1.165, 1.54) is 28.5 Å². The third-order valence-electron chi connectivity index (χ3n) is 2.26. The maximum atomic E-state index is 2.26. The highest BCUT2D eigenvalue weighted by Gasteiger charge is 2.10. The van der Waals surface area contributed by atoms with Crippen LogP contribution in [0.1, 0.15) is 0 Å². The second kappa shape index (κ2) is 2.61. The Morgan fingerprint density at radius 3 is 1.80 bits per heavy atom. The molecule has 1 aromatic rings. The lowest BCUT2D eigenvalue weighted by atomic mass is 9.02. The first-order chi connectivity index (χ1) is 4.97. The van der Waals surface area contributed by atoms with E-state index in [4.69, 9.17) is 0 Å². The molecular formula is C6H8B4. The van der Waals surface area contributed by atoms with Gasteiger partial charge >= 0.3 is 0 Å². The van der Waals surface area contributed by atoms with E-state index < -0.39 is 0 Å². The van der Waals surface area contributed by atoms with Gasteiger partial charge in [-0.3, -0.25) is 0 Å². The molecule has 0 aromatic heterocycles. The SMILES string of the molecule is B1BBc2ccccc2B1. The number of hydrogen-bond donors (Lipinski definition) is 0. The van der Waals surface area contributed by atoms with E-state index in [9.17, 15) is 0 Å². The molecule has 1 aliphatic heterocycles. The van der Waals surface area contributed by atoms with E-state index in [1.807, 2.05) is 0 Å². The average Bonchev–Trinajstić information content (AvgIpc) is 2.05. The van der Waals surface area contributed by atoms with E-state index in [0.717, 1.165) is 0 Å². The van der Waals surface area contributed by atoms with Crippen LogP contribution in [0.25, 0.3) is 0 Å². The molecule has 2 rings (SSSR count). The quantitative estimate of drug-likeness (QED) is 0.333. The van der Waals surface area contributed by atoms with Crippen molar-refractivity contribution < 1.29 is 0 Å². The molecule has 0 spiro atoms. The molecule has 0 atom stereocenters. The van der Waals surface area contributed by atoms with Gasteiger partial charge in [0.2, 0.25) is 0 Å². The Bertz CT molecular complexity index is 210. The molecule has 0 bridgehead atoms. The summed E-state index contributed by atoms with van der Waals surface area (Å²) in [5.74, 6) is 0. The minimum atomic E-state index is 1.30. The standard InChI is InChI=1S/C6H8B4/c1-2-4-6-5(3-1)7-9-10-8-6/h1-4,7-10H. The van der Waals surface area contributed by atoms with Crippen molar-refractivity contribution in [2.24, 2.45) is 0 Å². The van der Waals surface area contributed by atoms with E-state index in [2.05, 4.69) is 24.3 Å². The zero-order chi connectivity index (χ0) is 6.81. The molecule has 0 saturated carbocycles. The Morgan fingerprint density at radius 1 is 0.800 bits per heavy atom. The molecule has 1 aromatic carbocycles. The second-order valence-electron chi connectivity index (χ2n) is 2.98. The van der Waals surface area contributed by atoms with Crippen molar-refractivity contribution in [1.29, 1.82) is 0 Å². The number of rotatable bonds is 0. The van der Waals surface area contributed by atoms with Gasteiger partial charge in [-0.05, 0) is 0 Å². The fourth-order valence-electron chi connectivity index (χ4n) is 1.68. The molecule has 0 aliphatic carbocycles. The average molecular weight is 123 g/mol. The molecule has 4 heteroatoms. The largest absolute Gasteiger partial charge is 0.113 e. The van der Waals surface area contributed by atoms with E-state index in [0.29, 0.717) is 0 Å². The molecule has 10 heavy (non-hydrogen) atoms. The van der Waals surface area contributed by atoms with Gasteiger partial charge < -0.3 is 0 Å². The summed E-state index contributed by atoms with van der Waals surface area (Å²) in [5.41, 5.74) is 3.16. The van der Waals surface area contributed by atoms with E-state index >= 15 is 0 Å². The summed E-state index contributed by atoms with van der Waals surface area (Å²) in [6, 6.07) is 8.80. The normalized spacial score (nSPS) is 13.2. The van der Waals surface area contributed by atoms with Gasteiger partial charge in [0.15, 0.2) is 0 Å². The van der Waals surface area contributed by atoms with Gasteiger partial charge in [-0.25, -0.2) is 0 Å². The summed E-state index contributed by atoms with van der Waals surface area (Å²) in [4.78, 5) is 0. The summed E-state index contributed by atoms with van der Waals surface area (Å²) in [7, 11) is 5.38. The van der Waals surface area contributed by atoms with Crippen molar-refractivity contribution in [1.82, 2.24) is 0 Å². The van der Waals surface area contributed by atoms with Crippen LogP contribution in [0.3, 0.4) is 0 Å². The maximum absolute atomic E-state index is 2.26. The number of hydrogen-bond acceptors (Lipinski definition) is 0. The lowest BCUT2D eigenvalue weighted by molar-refractivity contribution is 1.82. The third kappa shape index (κ3) is 1.03. The van der Waals surface area contributed by atoms with Crippen LogP contribution in [0.4, 0.5) is 0 Å². The van der Waals surface area contributed by atoms with Crippen LogP contribution < -0.4 is 10.9 Å². The minimum absolute atomic E-state index is 1.30. The summed E-state index contributed by atoms with van der Waals surface area (Å²) >= 11 is 0. The van der Waals surface area contributed by atoms with Gasteiger partial charge in [-0.1, -0.05) is 24.3 Å². The molecule has 1 aliphatic rings. The lowest BCUT2D eigenvalue weighted by Gasteiger charge is -2.10. The molecule has 0 nitrogen and oxygen atoms in total. The molecule has 0 unspecified atom stereocenters. The smallest absolute Gasteiger partial charge is 0.100 e. The van der Waals surface area contributed by atoms with Crippen molar-refractivity contribution in [3.63, 3.8) is 0 Å². The van der Waals surface area contributed by atoms with Crippen LogP contribution in [0.2, 0.25) is 0 Å². The lowest BCUT2D eigenvalue weighted by Crippen LogP contribution is -2.48. The summed E-state index contributed by atoms with van der Waals surface area (Å²) in [5, 5.41) is 0. The summed E-state index contributed by atoms with van der Waals surface area (Å²) in [6.07, 6.45) is 0. The fraction of sp³-hybridized carbons (Fsp3) is 0. The first-order valence-electron chi connectivity index (χ1n) is 4.03. The minimum Gasteiger partial charge on any atom is -0.100 e. The molecule has 44 valence electrons. The van der Waals surface area contributed by atoms with Crippen molar-refractivity contribution >= 4 is 39.4 Å². The zero-order valence-electron chi connectivity index (χ0n) is 6.14. The van der Waals surface area contributed by atoms with Crippen LogP contribution >= 0.6 is 0 Å². The topological polar surface area (TPSA) is 0 Å². The molecule has 0 radical (unpaired) electrons. The Labute approximate surface area is 64.3 Å². The first kappa shape index (κ1) is 6.21. The third-order valence-corrected chi connectivity index (χ3v) is 2.26. The van der Waals surface area contributed by atoms with Gasteiger partial charge in [0, 0.05) is 0 Å². The highest BCUT2D eigenvalue weighted by molar-refractivity contribution is 7.50. The van der Waals surface area contributed by atoms with Crippen LogP contribution in [0.5, 0.6) is 0 Å². The zero-order valence-corrected chi connectivity index (χ0v) is 6.14. The Balaban J connectivity index is 2.41. The second-order valence-corrected chi connectivity index (χ2v) is 2.98. The molecule has 0 fully saturated rings. The van der Waals surface area contributed by atoms with Gasteiger partial charge in [-0.15, -0.1) is 10.9 Å². The van der Waals surface area contributed by atoms with Gasteiger partial charge in [0.1, 0.15) is 14.3 Å². The molecule has 0 N–H and O–H groups in total. The molecule has 0 amide bonds. The summed E-state index contributed by atoms with van der Waals surface area (Å²) in [6.45, 7) is 0. The van der Waals surface area contributed by atoms with Gasteiger partial charge in [0.25, 0.3) is 0 Å². The van der Waals surface area contributed by atoms with Crippen LogP contribution in [-0.2, 0) is 0 Å².